The molecular formula is C23H24ClN5O4. The van der Waals surface area contributed by atoms with Gasteiger partial charge >= 0.3 is 11.9 Å². The number of hydrogen-bond donors (Lipinski definition) is 4. The Hall–Kier alpha value is -4.24. The summed E-state index contributed by atoms with van der Waals surface area (Å²) in [6.45, 7) is 0. The first-order valence-electron chi connectivity index (χ1n) is 9.55. The number of hydrazone groups is 1. The molecule has 0 fully saturated rings. The lowest BCUT2D eigenvalue weighted by Gasteiger charge is -1.98. The van der Waals surface area contributed by atoms with Crippen LogP contribution in [0, 0.1) is 0 Å². The minimum Gasteiger partial charge on any atom is -0.481 e. The van der Waals surface area contributed by atoms with E-state index in [0.717, 1.165) is 22.3 Å². The minimum absolute atomic E-state index is 0. The predicted molar refractivity (Wildman–Crippen MR) is 133 cm³/mol. The van der Waals surface area contributed by atoms with Crippen LogP contribution in [-0.4, -0.2) is 40.5 Å². The lowest BCUT2D eigenvalue weighted by Crippen LogP contribution is -2.26. The third-order valence-corrected chi connectivity index (χ3v) is 3.84. The number of nitrogens with two attached hydrogens (primary N) is 1. The maximum Gasteiger partial charge on any atom is 0.307 e. The molecule has 0 spiro atoms. The number of guanidine groups is 1. The normalized spacial score (nSPS) is 11.9. The summed E-state index contributed by atoms with van der Waals surface area (Å²) in [5.41, 5.74) is 11.7. The van der Waals surface area contributed by atoms with E-state index in [4.69, 9.17) is 15.9 Å². The van der Waals surface area contributed by atoms with E-state index in [0.29, 0.717) is 0 Å². The fourth-order valence-corrected chi connectivity index (χ4v) is 2.33. The van der Waals surface area contributed by atoms with Crippen molar-refractivity contribution in [3.05, 3.63) is 82.9 Å². The molecule has 10 heteroatoms. The van der Waals surface area contributed by atoms with Crippen molar-refractivity contribution in [3.8, 4) is 0 Å². The molecule has 0 aliphatic rings. The van der Waals surface area contributed by atoms with Crippen LogP contribution in [0.15, 0.2) is 76.0 Å². The molecular weight excluding hydrogens is 446 g/mol. The lowest BCUT2D eigenvalue weighted by molar-refractivity contribution is -0.137. The van der Waals surface area contributed by atoms with Gasteiger partial charge in [0.05, 0.1) is 25.3 Å². The van der Waals surface area contributed by atoms with Crippen molar-refractivity contribution in [1.82, 2.24) is 5.43 Å². The molecule has 0 aliphatic heterocycles. The van der Waals surface area contributed by atoms with Crippen molar-refractivity contribution in [2.75, 3.05) is 0 Å². The van der Waals surface area contributed by atoms with Gasteiger partial charge in [0, 0.05) is 0 Å². The lowest BCUT2D eigenvalue weighted by atomic mass is 10.1. The Morgan fingerprint density at radius 3 is 1.67 bits per heavy atom. The number of benzene rings is 2. The smallest absolute Gasteiger partial charge is 0.307 e. The van der Waals surface area contributed by atoms with Gasteiger partial charge in [0.1, 0.15) is 0 Å². The number of halogens is 1. The highest BCUT2D eigenvalue weighted by molar-refractivity contribution is 5.85. The summed E-state index contributed by atoms with van der Waals surface area (Å²) < 4.78 is 0. The highest BCUT2D eigenvalue weighted by Crippen LogP contribution is 2.06. The van der Waals surface area contributed by atoms with Crippen LogP contribution in [0.2, 0.25) is 0 Å². The van der Waals surface area contributed by atoms with Gasteiger partial charge in [-0.25, -0.2) is 5.43 Å². The molecule has 2 rings (SSSR count). The molecule has 0 aliphatic carbocycles. The first kappa shape index (κ1) is 26.8. The van der Waals surface area contributed by atoms with Crippen LogP contribution in [0.4, 0.5) is 0 Å². The second-order valence-electron chi connectivity index (χ2n) is 6.43. The Morgan fingerprint density at radius 2 is 1.21 bits per heavy atom. The third kappa shape index (κ3) is 11.7. The van der Waals surface area contributed by atoms with Gasteiger partial charge in [-0.15, -0.1) is 17.5 Å². The molecule has 9 nitrogen and oxygen atoms in total. The van der Waals surface area contributed by atoms with E-state index < -0.39 is 11.9 Å². The zero-order chi connectivity index (χ0) is 23.2. The van der Waals surface area contributed by atoms with Crippen LogP contribution in [0.3, 0.4) is 0 Å². The molecule has 0 saturated carbocycles. The van der Waals surface area contributed by atoms with Crippen molar-refractivity contribution in [2.24, 2.45) is 21.0 Å². The first-order valence-corrected chi connectivity index (χ1v) is 9.55. The molecule has 0 bridgehead atoms. The Bertz CT molecular complexity index is 1060. The molecule has 0 amide bonds. The van der Waals surface area contributed by atoms with E-state index in [1.54, 1.807) is 30.5 Å². The molecule has 0 aromatic heterocycles. The zero-order valence-corrected chi connectivity index (χ0v) is 18.4. The van der Waals surface area contributed by atoms with Gasteiger partial charge in [-0.05, 0) is 22.3 Å². The molecule has 0 radical (unpaired) electrons. The fraction of sp³-hybridized carbons (Fsp3) is 0.0870. The summed E-state index contributed by atoms with van der Waals surface area (Å²) in [6, 6.07) is 14.7. The number of carbonyl (C=O) groups is 2. The largest absolute Gasteiger partial charge is 0.481 e. The van der Waals surface area contributed by atoms with Crippen molar-refractivity contribution < 1.29 is 19.8 Å². The molecule has 0 atom stereocenters. The van der Waals surface area contributed by atoms with Crippen molar-refractivity contribution in [2.45, 2.75) is 12.8 Å². The molecule has 33 heavy (non-hydrogen) atoms. The number of nitrogens with one attached hydrogen (secondary N) is 1. The number of aliphatic carboxylic acids is 2. The standard InChI is InChI=1S/C23H23N5O4.ClH/c24-23(27-25-15-19-11-7-17(8-12-19)3-1-5-21(29)30)28-26-16-20-13-9-18(10-14-20)4-2-6-22(31)32;/h1-4,7-16H,5-6H2,(H,29,30)(H,31,32)(H3,24,27,28);1H. The zero-order valence-electron chi connectivity index (χ0n) is 17.5. The summed E-state index contributed by atoms with van der Waals surface area (Å²) in [5.74, 6) is -1.74. The van der Waals surface area contributed by atoms with Crippen LogP contribution in [0.25, 0.3) is 12.2 Å². The summed E-state index contributed by atoms with van der Waals surface area (Å²) in [4.78, 5) is 21.0. The Balaban J connectivity index is 0.00000544. The number of carboxylic acids is 2. The fourth-order valence-electron chi connectivity index (χ4n) is 2.33. The topological polar surface area (TPSA) is 150 Å². The van der Waals surface area contributed by atoms with Gasteiger partial charge in [-0.3, -0.25) is 9.59 Å². The van der Waals surface area contributed by atoms with E-state index in [1.165, 1.54) is 6.21 Å². The van der Waals surface area contributed by atoms with Crippen LogP contribution < -0.4 is 11.2 Å². The minimum atomic E-state index is -0.876. The van der Waals surface area contributed by atoms with Gasteiger partial charge in [0.25, 0.3) is 0 Å². The molecule has 2 aromatic rings. The van der Waals surface area contributed by atoms with Gasteiger partial charge in [-0.1, -0.05) is 72.8 Å². The number of nitrogens with zero attached hydrogens (tertiary/aromatic N) is 3. The van der Waals surface area contributed by atoms with Crippen molar-refractivity contribution in [1.29, 1.82) is 0 Å². The number of rotatable bonds is 10. The molecule has 2 aromatic carbocycles. The molecule has 0 heterocycles. The van der Waals surface area contributed by atoms with Gasteiger partial charge in [-0.2, -0.15) is 10.2 Å². The maximum atomic E-state index is 10.5. The quantitative estimate of drug-likeness (QED) is 0.238. The third-order valence-electron chi connectivity index (χ3n) is 3.84. The van der Waals surface area contributed by atoms with E-state index in [-0.39, 0.29) is 31.2 Å². The van der Waals surface area contributed by atoms with Crippen LogP contribution >= 0.6 is 12.4 Å². The van der Waals surface area contributed by atoms with Gasteiger partial charge in [0.15, 0.2) is 0 Å². The second-order valence-corrected chi connectivity index (χ2v) is 6.43. The summed E-state index contributed by atoms with van der Waals surface area (Å²) in [7, 11) is 0. The van der Waals surface area contributed by atoms with Crippen LogP contribution in [-0.2, 0) is 9.59 Å². The average molecular weight is 470 g/mol. The first-order chi connectivity index (χ1) is 15.4. The highest BCUT2D eigenvalue weighted by Gasteiger charge is 1.94. The van der Waals surface area contributed by atoms with Crippen LogP contribution in [0.1, 0.15) is 35.1 Å². The molecule has 0 saturated heterocycles. The van der Waals surface area contributed by atoms with Crippen molar-refractivity contribution in [3.63, 3.8) is 0 Å². The van der Waals surface area contributed by atoms with Gasteiger partial charge < -0.3 is 15.9 Å². The Kier molecular flexibility index (Phi) is 11.9. The maximum absolute atomic E-state index is 10.5. The SMILES string of the molecule is Cl.NC(=NN=Cc1ccc(C=CCC(=O)O)cc1)NN=Cc1ccc(C=CCC(=O)O)cc1. The summed E-state index contributed by atoms with van der Waals surface area (Å²) >= 11 is 0. The van der Waals surface area contributed by atoms with Crippen LogP contribution in [0.5, 0.6) is 0 Å². The molecule has 5 N–H and O–H groups in total. The van der Waals surface area contributed by atoms with E-state index in [9.17, 15) is 9.59 Å². The highest BCUT2D eigenvalue weighted by atomic mass is 35.5. The molecule has 0 unspecified atom stereocenters. The Labute approximate surface area is 197 Å². The van der Waals surface area contributed by atoms with E-state index in [1.807, 2.05) is 48.5 Å². The van der Waals surface area contributed by atoms with E-state index >= 15 is 0 Å². The second kappa shape index (κ2) is 14.7. The summed E-state index contributed by atoms with van der Waals surface area (Å²) in [5, 5.41) is 28.9. The van der Waals surface area contributed by atoms with E-state index in [2.05, 4.69) is 20.7 Å². The molecule has 172 valence electrons. The Morgan fingerprint density at radius 1 is 0.788 bits per heavy atom. The van der Waals surface area contributed by atoms with Crippen molar-refractivity contribution >= 4 is 54.9 Å². The average Bonchev–Trinajstić information content (AvgIpc) is 2.75. The number of hydrogen-bond acceptors (Lipinski definition) is 5. The number of carboxylic acid groups (broad SMARTS) is 2. The summed E-state index contributed by atoms with van der Waals surface area (Å²) in [6.07, 6.45) is 9.67. The predicted octanol–water partition coefficient (Wildman–Crippen LogP) is 3.36. The van der Waals surface area contributed by atoms with Gasteiger partial charge in [0.2, 0.25) is 5.96 Å². The monoisotopic (exact) mass is 469 g/mol.